The van der Waals surface area contributed by atoms with Gasteiger partial charge in [0.1, 0.15) is 12.4 Å². The van der Waals surface area contributed by atoms with Crippen molar-refractivity contribution in [3.8, 4) is 11.8 Å². The third-order valence-corrected chi connectivity index (χ3v) is 12.1. The van der Waals surface area contributed by atoms with Gasteiger partial charge in [-0.3, -0.25) is 0 Å². The predicted molar refractivity (Wildman–Crippen MR) is 183 cm³/mol. The molecule has 3 aromatic rings. The molecule has 3 saturated heterocycles. The maximum Gasteiger partial charge on any atom is 0.225 e. The summed E-state index contributed by atoms with van der Waals surface area (Å²) in [6.07, 6.45) is 12.7. The number of nitriles is 1. The van der Waals surface area contributed by atoms with Crippen molar-refractivity contribution in [2.45, 2.75) is 83.3 Å². The lowest BCUT2D eigenvalue weighted by Crippen LogP contribution is -2.57. The molecule has 46 heavy (non-hydrogen) atoms. The Kier molecular flexibility index (Phi) is 8.73. The summed E-state index contributed by atoms with van der Waals surface area (Å²) in [6, 6.07) is 18.7. The largest absolute Gasteiger partial charge is 0.487 e. The maximum atomic E-state index is 9.38. The lowest BCUT2D eigenvalue weighted by molar-refractivity contribution is -0.0476. The molecule has 4 aliphatic rings. The van der Waals surface area contributed by atoms with Crippen LogP contribution >= 0.6 is 11.6 Å². The van der Waals surface area contributed by atoms with E-state index in [9.17, 15) is 5.26 Å². The Labute approximate surface area is 279 Å². The molecular formula is C38H47ClN6O. The van der Waals surface area contributed by atoms with Gasteiger partial charge in [-0.1, -0.05) is 37.6 Å². The number of anilines is 1. The van der Waals surface area contributed by atoms with Crippen molar-refractivity contribution in [1.29, 1.82) is 5.26 Å². The zero-order valence-electron chi connectivity index (χ0n) is 27.4. The number of hydrogen-bond donors (Lipinski definition) is 1. The van der Waals surface area contributed by atoms with Gasteiger partial charge in [0.15, 0.2) is 0 Å². The van der Waals surface area contributed by atoms with Crippen molar-refractivity contribution in [2.24, 2.45) is 10.8 Å². The second-order valence-electron chi connectivity index (χ2n) is 15.0. The number of likely N-dealkylation sites (tertiary alicyclic amines) is 1. The molecule has 1 aliphatic carbocycles. The van der Waals surface area contributed by atoms with Gasteiger partial charge in [0, 0.05) is 35.8 Å². The first-order valence-corrected chi connectivity index (χ1v) is 17.6. The number of piperidine rings is 3. The van der Waals surface area contributed by atoms with E-state index in [1.165, 1.54) is 77.5 Å². The van der Waals surface area contributed by atoms with Crippen LogP contribution in [0.2, 0.25) is 5.02 Å². The van der Waals surface area contributed by atoms with Gasteiger partial charge in [-0.2, -0.15) is 5.26 Å². The van der Waals surface area contributed by atoms with Crippen molar-refractivity contribution in [3.63, 3.8) is 0 Å². The van der Waals surface area contributed by atoms with E-state index >= 15 is 0 Å². The average Bonchev–Trinajstić information content (AvgIpc) is 3.07. The fourth-order valence-electron chi connectivity index (χ4n) is 8.53. The Morgan fingerprint density at radius 3 is 2.30 bits per heavy atom. The molecule has 242 valence electrons. The Morgan fingerprint density at radius 2 is 1.61 bits per heavy atom. The topological polar surface area (TPSA) is 77.3 Å². The Hall–Kier alpha value is -3.18. The number of aromatic nitrogens is 2. The number of halogens is 1. The summed E-state index contributed by atoms with van der Waals surface area (Å²) in [5.41, 5.74) is 4.44. The van der Waals surface area contributed by atoms with E-state index in [1.807, 2.05) is 36.5 Å². The number of benzene rings is 2. The molecular weight excluding hydrogens is 592 g/mol. The van der Waals surface area contributed by atoms with Crippen molar-refractivity contribution in [1.82, 2.24) is 20.2 Å². The van der Waals surface area contributed by atoms with Crippen LogP contribution in [0.5, 0.6) is 5.75 Å². The highest BCUT2D eigenvalue weighted by molar-refractivity contribution is 6.30. The summed E-state index contributed by atoms with van der Waals surface area (Å²) in [4.78, 5) is 14.8. The van der Waals surface area contributed by atoms with E-state index in [1.54, 1.807) is 6.07 Å². The molecule has 0 amide bonds. The first-order chi connectivity index (χ1) is 22.2. The minimum Gasteiger partial charge on any atom is -0.487 e. The van der Waals surface area contributed by atoms with Crippen LogP contribution in [-0.4, -0.2) is 60.2 Å². The quantitative estimate of drug-likeness (QED) is 0.295. The number of nitrogens with zero attached hydrogens (tertiary/aromatic N) is 5. The number of nitrogens with one attached hydrogen (secondary N) is 1. The van der Waals surface area contributed by atoms with E-state index in [0.717, 1.165) is 47.7 Å². The van der Waals surface area contributed by atoms with Crippen molar-refractivity contribution in [3.05, 3.63) is 82.1 Å². The standard InChI is InChI=1S/C38H47ClN6O/c1-36(2,30-21-28(26-40)22-31(39)23-30)29-3-5-34(6-4-29)46-27-32-7-14-42-35(43-32)45-19-12-37(13-20-45)10-17-44(18-11-37)33-24-38(25-33)8-15-41-16-9-38/h3-7,14,21-23,33,41H,8-13,15-20,24-25,27H2,1-2H3. The van der Waals surface area contributed by atoms with Gasteiger partial charge in [-0.15, -0.1) is 0 Å². The highest BCUT2D eigenvalue weighted by atomic mass is 35.5. The second kappa shape index (κ2) is 12.8. The molecule has 0 radical (unpaired) electrons. The number of ether oxygens (including phenoxy) is 1. The third-order valence-electron chi connectivity index (χ3n) is 11.9. The summed E-state index contributed by atoms with van der Waals surface area (Å²) < 4.78 is 6.15. The van der Waals surface area contributed by atoms with Crippen LogP contribution in [0.15, 0.2) is 54.7 Å². The van der Waals surface area contributed by atoms with Crippen LogP contribution in [0, 0.1) is 22.2 Å². The molecule has 8 heteroatoms. The van der Waals surface area contributed by atoms with Crippen LogP contribution in [0.3, 0.4) is 0 Å². The van der Waals surface area contributed by atoms with Gasteiger partial charge in [-0.05, 0) is 136 Å². The fourth-order valence-corrected chi connectivity index (χ4v) is 8.77. The van der Waals surface area contributed by atoms with E-state index in [4.69, 9.17) is 21.3 Å². The minimum atomic E-state index is -0.312. The number of rotatable bonds is 7. The SMILES string of the molecule is CC(C)(c1ccc(OCc2ccnc(N3CCC4(CC3)CCN(C3CC5(CCNCC5)C3)CC4)n2)cc1)c1cc(Cl)cc(C#N)c1. The van der Waals surface area contributed by atoms with Crippen molar-refractivity contribution < 1.29 is 4.74 Å². The van der Waals surface area contributed by atoms with E-state index < -0.39 is 0 Å². The molecule has 7 rings (SSSR count). The molecule has 0 atom stereocenters. The Bertz CT molecular complexity index is 1550. The van der Waals surface area contributed by atoms with Gasteiger partial charge in [0.25, 0.3) is 0 Å². The van der Waals surface area contributed by atoms with Crippen LogP contribution in [0.1, 0.15) is 87.6 Å². The van der Waals surface area contributed by atoms with Crippen LogP contribution in [0.25, 0.3) is 0 Å². The molecule has 1 saturated carbocycles. The Balaban J connectivity index is 0.897. The van der Waals surface area contributed by atoms with Gasteiger partial charge >= 0.3 is 0 Å². The maximum absolute atomic E-state index is 9.38. The molecule has 2 aromatic carbocycles. The van der Waals surface area contributed by atoms with Crippen molar-refractivity contribution >= 4 is 17.5 Å². The summed E-state index contributed by atoms with van der Waals surface area (Å²) in [5.74, 6) is 1.62. The van der Waals surface area contributed by atoms with Crippen LogP contribution in [-0.2, 0) is 12.0 Å². The lowest BCUT2D eigenvalue weighted by atomic mass is 9.59. The van der Waals surface area contributed by atoms with Gasteiger partial charge in [0.05, 0.1) is 17.3 Å². The smallest absolute Gasteiger partial charge is 0.225 e. The van der Waals surface area contributed by atoms with E-state index in [-0.39, 0.29) is 5.41 Å². The zero-order chi connectivity index (χ0) is 31.8. The normalized spacial score (nSPS) is 21.6. The molecule has 1 aromatic heterocycles. The molecule has 0 unspecified atom stereocenters. The third kappa shape index (κ3) is 6.50. The molecule has 3 aliphatic heterocycles. The summed E-state index contributed by atoms with van der Waals surface area (Å²) in [7, 11) is 0. The van der Waals surface area contributed by atoms with Crippen molar-refractivity contribution in [2.75, 3.05) is 44.2 Å². The highest BCUT2D eigenvalue weighted by Gasteiger charge is 2.48. The molecule has 7 nitrogen and oxygen atoms in total. The first kappa shape index (κ1) is 31.4. The predicted octanol–water partition coefficient (Wildman–Crippen LogP) is 7.12. The molecule has 4 heterocycles. The zero-order valence-corrected chi connectivity index (χ0v) is 28.2. The molecule has 1 N–H and O–H groups in total. The Morgan fingerprint density at radius 1 is 0.913 bits per heavy atom. The van der Waals surface area contributed by atoms with E-state index in [2.05, 4.69) is 52.2 Å². The highest BCUT2D eigenvalue weighted by Crippen LogP contribution is 2.51. The van der Waals surface area contributed by atoms with Gasteiger partial charge in [0.2, 0.25) is 5.95 Å². The fraction of sp³-hybridized carbons (Fsp3) is 0.553. The van der Waals surface area contributed by atoms with E-state index in [0.29, 0.717) is 28.0 Å². The lowest BCUT2D eigenvalue weighted by Gasteiger charge is -2.56. The van der Waals surface area contributed by atoms with Crippen LogP contribution < -0.4 is 15.0 Å². The molecule has 0 bridgehead atoms. The monoisotopic (exact) mass is 638 g/mol. The summed E-state index contributed by atoms with van der Waals surface area (Å²) in [5, 5.41) is 13.5. The van der Waals surface area contributed by atoms with Gasteiger partial charge < -0.3 is 19.9 Å². The molecule has 4 fully saturated rings. The minimum absolute atomic E-state index is 0.312. The summed E-state index contributed by atoms with van der Waals surface area (Å²) >= 11 is 6.30. The van der Waals surface area contributed by atoms with Gasteiger partial charge in [-0.25, -0.2) is 9.97 Å². The average molecular weight is 639 g/mol. The first-order valence-electron chi connectivity index (χ1n) is 17.2. The second-order valence-corrected chi connectivity index (χ2v) is 15.4. The van der Waals surface area contributed by atoms with Crippen LogP contribution in [0.4, 0.5) is 5.95 Å². The molecule has 2 spiro atoms. The number of hydrogen-bond acceptors (Lipinski definition) is 7. The summed E-state index contributed by atoms with van der Waals surface area (Å²) in [6.45, 7) is 11.7.